The molecule has 0 radical (unpaired) electrons. The molecule has 2 aliphatic rings. The highest BCUT2D eigenvalue weighted by atomic mass is 16.6. The molecule has 0 aliphatic carbocycles. The Morgan fingerprint density at radius 2 is 2.38 bits per heavy atom. The van der Waals surface area contributed by atoms with Gasteiger partial charge in [0.25, 0.3) is 0 Å². The van der Waals surface area contributed by atoms with Gasteiger partial charge in [-0.15, -0.1) is 0 Å². The molecule has 2 rings (SSSR count). The molecule has 0 spiro atoms. The molecule has 1 N–H and O–H groups in total. The quantitative estimate of drug-likeness (QED) is 0.670. The Labute approximate surface area is 95.4 Å². The van der Waals surface area contributed by atoms with E-state index >= 15 is 0 Å². The van der Waals surface area contributed by atoms with Gasteiger partial charge in [0.15, 0.2) is 0 Å². The van der Waals surface area contributed by atoms with E-state index in [4.69, 9.17) is 14.2 Å². The molecule has 0 saturated carbocycles. The molecule has 2 aliphatic heterocycles. The third-order valence-corrected chi connectivity index (χ3v) is 3.04. The van der Waals surface area contributed by atoms with Crippen LogP contribution in [0.25, 0.3) is 0 Å². The Hall–Kier alpha value is -0.650. The minimum Gasteiger partial charge on any atom is -0.464 e. The van der Waals surface area contributed by atoms with Gasteiger partial charge in [0.05, 0.1) is 18.8 Å². The van der Waals surface area contributed by atoms with E-state index in [-0.39, 0.29) is 18.2 Å². The van der Waals surface area contributed by atoms with E-state index in [1.165, 1.54) is 0 Å². The number of carbonyl (C=O) groups is 1. The number of nitrogens with one attached hydrogen (secondary N) is 1. The standard InChI is InChI=1S/C11H19NO4/c1-11(7-12-8-11)16-6-10(13)15-5-9-2-3-14-4-9/h9,12H,2-8H2,1H3. The van der Waals surface area contributed by atoms with Crippen LogP contribution in [0.5, 0.6) is 0 Å². The summed E-state index contributed by atoms with van der Waals surface area (Å²) in [5.74, 6) is 0.0879. The van der Waals surface area contributed by atoms with Crippen molar-refractivity contribution < 1.29 is 19.0 Å². The molecule has 0 aromatic heterocycles. The summed E-state index contributed by atoms with van der Waals surface area (Å²) in [5, 5.41) is 3.11. The van der Waals surface area contributed by atoms with Crippen molar-refractivity contribution in [2.45, 2.75) is 18.9 Å². The van der Waals surface area contributed by atoms with Crippen LogP contribution in [0.15, 0.2) is 0 Å². The Balaban J connectivity index is 1.57. The molecule has 5 nitrogen and oxygen atoms in total. The summed E-state index contributed by atoms with van der Waals surface area (Å²) in [6, 6.07) is 0. The van der Waals surface area contributed by atoms with E-state index < -0.39 is 0 Å². The van der Waals surface area contributed by atoms with Crippen LogP contribution in [0.1, 0.15) is 13.3 Å². The highest BCUT2D eigenvalue weighted by Gasteiger charge is 2.33. The van der Waals surface area contributed by atoms with Gasteiger partial charge in [0.2, 0.25) is 0 Å². The number of ether oxygens (including phenoxy) is 3. The molecule has 1 atom stereocenters. The van der Waals surface area contributed by atoms with Gasteiger partial charge in [-0.1, -0.05) is 0 Å². The van der Waals surface area contributed by atoms with Crippen molar-refractivity contribution in [1.82, 2.24) is 5.32 Å². The Kier molecular flexibility index (Phi) is 3.78. The maximum Gasteiger partial charge on any atom is 0.332 e. The predicted molar refractivity (Wildman–Crippen MR) is 57.1 cm³/mol. The lowest BCUT2D eigenvalue weighted by Crippen LogP contribution is -2.59. The molecule has 2 heterocycles. The molecule has 2 fully saturated rings. The fourth-order valence-electron chi connectivity index (χ4n) is 1.78. The van der Waals surface area contributed by atoms with Crippen molar-refractivity contribution in [2.24, 2.45) is 5.92 Å². The van der Waals surface area contributed by atoms with Crippen molar-refractivity contribution >= 4 is 5.97 Å². The van der Waals surface area contributed by atoms with Crippen LogP contribution >= 0.6 is 0 Å². The zero-order valence-corrected chi connectivity index (χ0v) is 9.66. The summed E-state index contributed by atoms with van der Waals surface area (Å²) in [6.45, 7) is 5.58. The van der Waals surface area contributed by atoms with Crippen LogP contribution in [-0.2, 0) is 19.0 Å². The molecule has 2 saturated heterocycles. The second kappa shape index (κ2) is 5.12. The normalized spacial score (nSPS) is 27.4. The third kappa shape index (κ3) is 3.17. The third-order valence-electron chi connectivity index (χ3n) is 3.04. The zero-order chi connectivity index (χ0) is 11.4. The van der Waals surface area contributed by atoms with Crippen LogP contribution in [0.2, 0.25) is 0 Å². The number of hydrogen-bond acceptors (Lipinski definition) is 5. The van der Waals surface area contributed by atoms with Gasteiger partial charge in [-0.05, 0) is 13.3 Å². The lowest BCUT2D eigenvalue weighted by atomic mass is 10.0. The van der Waals surface area contributed by atoms with E-state index in [9.17, 15) is 4.79 Å². The fourth-order valence-corrected chi connectivity index (χ4v) is 1.78. The molecule has 16 heavy (non-hydrogen) atoms. The monoisotopic (exact) mass is 229 g/mol. The average Bonchev–Trinajstić information content (AvgIpc) is 2.73. The first-order chi connectivity index (χ1) is 7.68. The number of esters is 1. The van der Waals surface area contributed by atoms with Gasteiger partial charge in [0.1, 0.15) is 6.61 Å². The maximum absolute atomic E-state index is 11.4. The minimum atomic E-state index is -0.278. The summed E-state index contributed by atoms with van der Waals surface area (Å²) in [5.41, 5.74) is -0.185. The van der Waals surface area contributed by atoms with Crippen LogP contribution in [0.3, 0.4) is 0 Å². The second-order valence-corrected chi connectivity index (χ2v) is 4.75. The summed E-state index contributed by atoms with van der Waals surface area (Å²) in [4.78, 5) is 11.4. The topological polar surface area (TPSA) is 56.8 Å². The van der Waals surface area contributed by atoms with Gasteiger partial charge >= 0.3 is 5.97 Å². The van der Waals surface area contributed by atoms with Crippen molar-refractivity contribution in [3.63, 3.8) is 0 Å². The molecule has 0 bridgehead atoms. The molecular weight excluding hydrogens is 210 g/mol. The van der Waals surface area contributed by atoms with E-state index in [1.807, 2.05) is 6.92 Å². The lowest BCUT2D eigenvalue weighted by Gasteiger charge is -2.38. The van der Waals surface area contributed by atoms with Crippen LogP contribution < -0.4 is 5.32 Å². The molecule has 5 heteroatoms. The second-order valence-electron chi connectivity index (χ2n) is 4.75. The van der Waals surface area contributed by atoms with Crippen LogP contribution in [-0.4, -0.2) is 51.1 Å². The smallest absolute Gasteiger partial charge is 0.332 e. The molecule has 0 amide bonds. The lowest BCUT2D eigenvalue weighted by molar-refractivity contribution is -0.159. The SMILES string of the molecule is CC1(OCC(=O)OCC2CCOC2)CNC1. The van der Waals surface area contributed by atoms with Crippen molar-refractivity contribution in [3.8, 4) is 0 Å². The summed E-state index contributed by atoms with van der Waals surface area (Å²) < 4.78 is 15.8. The van der Waals surface area contributed by atoms with E-state index in [0.717, 1.165) is 26.1 Å². The fraction of sp³-hybridized carbons (Fsp3) is 0.909. The van der Waals surface area contributed by atoms with E-state index in [0.29, 0.717) is 19.1 Å². The number of rotatable bonds is 5. The molecular formula is C11H19NO4. The van der Waals surface area contributed by atoms with E-state index in [2.05, 4.69) is 5.32 Å². The molecule has 1 unspecified atom stereocenters. The first-order valence-corrected chi connectivity index (χ1v) is 5.76. The maximum atomic E-state index is 11.4. The first kappa shape index (κ1) is 11.8. The Morgan fingerprint density at radius 1 is 1.56 bits per heavy atom. The molecule has 92 valence electrons. The Morgan fingerprint density at radius 3 is 2.94 bits per heavy atom. The van der Waals surface area contributed by atoms with Crippen molar-refractivity contribution in [2.75, 3.05) is 39.5 Å². The average molecular weight is 229 g/mol. The summed E-state index contributed by atoms with van der Waals surface area (Å²) in [6.07, 6.45) is 0.982. The predicted octanol–water partition coefficient (Wildman–Crippen LogP) is -0.0554. The van der Waals surface area contributed by atoms with Gasteiger partial charge in [-0.3, -0.25) is 0 Å². The van der Waals surface area contributed by atoms with Crippen LogP contribution in [0.4, 0.5) is 0 Å². The highest BCUT2D eigenvalue weighted by molar-refractivity contribution is 5.70. The largest absolute Gasteiger partial charge is 0.464 e. The van der Waals surface area contributed by atoms with E-state index in [1.54, 1.807) is 0 Å². The molecule has 0 aromatic carbocycles. The molecule has 0 aromatic rings. The Bertz CT molecular complexity index is 246. The van der Waals surface area contributed by atoms with Crippen LogP contribution in [0, 0.1) is 5.92 Å². The van der Waals surface area contributed by atoms with Crippen molar-refractivity contribution in [1.29, 1.82) is 0 Å². The first-order valence-electron chi connectivity index (χ1n) is 5.76. The van der Waals surface area contributed by atoms with Gasteiger partial charge in [-0.25, -0.2) is 4.79 Å². The highest BCUT2D eigenvalue weighted by Crippen LogP contribution is 2.15. The van der Waals surface area contributed by atoms with Crippen molar-refractivity contribution in [3.05, 3.63) is 0 Å². The zero-order valence-electron chi connectivity index (χ0n) is 9.66. The summed E-state index contributed by atoms with van der Waals surface area (Å²) in [7, 11) is 0. The summed E-state index contributed by atoms with van der Waals surface area (Å²) >= 11 is 0. The van der Waals surface area contributed by atoms with Gasteiger partial charge in [0, 0.05) is 25.6 Å². The van der Waals surface area contributed by atoms with Gasteiger partial charge in [-0.2, -0.15) is 0 Å². The number of carbonyl (C=O) groups excluding carboxylic acids is 1. The minimum absolute atomic E-state index is 0.0474. The number of hydrogen-bond donors (Lipinski definition) is 1. The van der Waals surface area contributed by atoms with Gasteiger partial charge < -0.3 is 19.5 Å².